The zero-order valence-corrected chi connectivity index (χ0v) is 9.86. The van der Waals surface area contributed by atoms with Gasteiger partial charge in [0.2, 0.25) is 0 Å². The molecule has 0 aromatic heterocycles. The Morgan fingerprint density at radius 2 is 1.77 bits per heavy atom. The van der Waals surface area contributed by atoms with Crippen LogP contribution in [-0.4, -0.2) is 5.67 Å². The summed E-state index contributed by atoms with van der Waals surface area (Å²) in [4.78, 5) is 0. The summed E-state index contributed by atoms with van der Waals surface area (Å²) < 4.78 is 13.9. The van der Waals surface area contributed by atoms with E-state index in [1.165, 1.54) is 12.8 Å². The van der Waals surface area contributed by atoms with Gasteiger partial charge in [-0.2, -0.15) is 0 Å². The number of alkyl halides is 1. The number of unbranched alkanes of at least 4 members (excludes halogenated alkanes) is 1. The monoisotopic (exact) mass is 188 g/mol. The van der Waals surface area contributed by atoms with Crippen LogP contribution in [0.25, 0.3) is 0 Å². The van der Waals surface area contributed by atoms with Gasteiger partial charge in [-0.05, 0) is 25.2 Å². The summed E-state index contributed by atoms with van der Waals surface area (Å²) >= 11 is 0. The molecule has 0 rings (SSSR count). The molecule has 0 aromatic rings. The van der Waals surface area contributed by atoms with Gasteiger partial charge in [-0.1, -0.05) is 47.0 Å². The molecular weight excluding hydrogens is 163 g/mol. The Morgan fingerprint density at radius 3 is 2.15 bits per heavy atom. The highest BCUT2D eigenvalue weighted by Crippen LogP contribution is 2.33. The molecule has 0 aliphatic heterocycles. The van der Waals surface area contributed by atoms with Gasteiger partial charge in [-0.15, -0.1) is 0 Å². The predicted molar refractivity (Wildman–Crippen MR) is 57.7 cm³/mol. The Morgan fingerprint density at radius 1 is 1.23 bits per heavy atom. The average Bonchev–Trinajstić information content (AvgIpc) is 2.12. The summed E-state index contributed by atoms with van der Waals surface area (Å²) in [6.07, 6.45) is 4.24. The third-order valence-corrected chi connectivity index (χ3v) is 3.51. The molecule has 0 radical (unpaired) electrons. The fraction of sp³-hybridized carbons (Fsp3) is 1.00. The summed E-state index contributed by atoms with van der Waals surface area (Å²) in [5.74, 6) is 0.693. The Kier molecular flexibility index (Phi) is 5.59. The van der Waals surface area contributed by atoms with E-state index in [0.29, 0.717) is 12.3 Å². The second kappa shape index (κ2) is 5.62. The third-order valence-electron chi connectivity index (χ3n) is 3.51. The maximum absolute atomic E-state index is 13.9. The summed E-state index contributed by atoms with van der Waals surface area (Å²) in [6, 6.07) is 0. The predicted octanol–water partition coefficient (Wildman–Crippen LogP) is 4.59. The molecule has 1 heteroatoms. The smallest absolute Gasteiger partial charge is 0.110 e. The molecule has 0 fully saturated rings. The minimum absolute atomic E-state index is 0.184. The molecular formula is C12H25F. The van der Waals surface area contributed by atoms with Crippen LogP contribution < -0.4 is 0 Å². The van der Waals surface area contributed by atoms with Crippen LogP contribution in [-0.2, 0) is 0 Å². The number of hydrogen-bond donors (Lipinski definition) is 0. The van der Waals surface area contributed by atoms with E-state index >= 15 is 0 Å². The normalized spacial score (nSPS) is 20.8. The summed E-state index contributed by atoms with van der Waals surface area (Å²) in [6.45, 7) is 10.1. The van der Waals surface area contributed by atoms with E-state index in [1.54, 1.807) is 6.92 Å². The quantitative estimate of drug-likeness (QED) is 0.572. The molecule has 0 saturated carbocycles. The molecule has 0 spiro atoms. The van der Waals surface area contributed by atoms with Crippen LogP contribution in [0.5, 0.6) is 0 Å². The number of hydrogen-bond acceptors (Lipinski definition) is 0. The standard InChI is InChI=1S/C12H25F/c1-6-8-9-10(3)11(4)12(5,13)7-2/h10-11H,6-9H2,1-5H3. The summed E-state index contributed by atoms with van der Waals surface area (Å²) in [7, 11) is 0. The van der Waals surface area contributed by atoms with Crippen LogP contribution in [0.2, 0.25) is 0 Å². The van der Waals surface area contributed by atoms with Crippen LogP contribution in [0.4, 0.5) is 4.39 Å². The summed E-state index contributed by atoms with van der Waals surface area (Å²) in [5.41, 5.74) is -0.979. The van der Waals surface area contributed by atoms with Gasteiger partial charge in [0, 0.05) is 0 Å². The Balaban J connectivity index is 4.00. The molecule has 0 amide bonds. The fourth-order valence-corrected chi connectivity index (χ4v) is 1.69. The molecule has 0 N–H and O–H groups in total. The summed E-state index contributed by atoms with van der Waals surface area (Å²) in [5, 5.41) is 0. The number of halogens is 1. The number of rotatable bonds is 6. The van der Waals surface area contributed by atoms with Crippen molar-refractivity contribution in [3.63, 3.8) is 0 Å². The second-order valence-corrected chi connectivity index (χ2v) is 4.54. The maximum Gasteiger partial charge on any atom is 0.110 e. The molecule has 0 saturated heterocycles. The van der Waals surface area contributed by atoms with Crippen molar-refractivity contribution in [2.24, 2.45) is 11.8 Å². The van der Waals surface area contributed by atoms with E-state index < -0.39 is 5.67 Å². The van der Waals surface area contributed by atoms with Crippen LogP contribution in [0.1, 0.15) is 60.3 Å². The molecule has 0 aliphatic rings. The van der Waals surface area contributed by atoms with Crippen molar-refractivity contribution in [3.05, 3.63) is 0 Å². The van der Waals surface area contributed by atoms with Gasteiger partial charge in [0.1, 0.15) is 5.67 Å². The first-order valence-electron chi connectivity index (χ1n) is 5.64. The van der Waals surface area contributed by atoms with Gasteiger partial charge >= 0.3 is 0 Å². The van der Waals surface area contributed by atoms with E-state index in [4.69, 9.17) is 0 Å². The Hall–Kier alpha value is -0.0700. The van der Waals surface area contributed by atoms with Crippen molar-refractivity contribution >= 4 is 0 Å². The fourth-order valence-electron chi connectivity index (χ4n) is 1.69. The molecule has 3 atom stereocenters. The average molecular weight is 188 g/mol. The van der Waals surface area contributed by atoms with Crippen molar-refractivity contribution < 1.29 is 4.39 Å². The largest absolute Gasteiger partial charge is 0.244 e. The Labute approximate surface area is 82.9 Å². The van der Waals surface area contributed by atoms with Gasteiger partial charge in [-0.25, -0.2) is 4.39 Å². The van der Waals surface area contributed by atoms with Crippen molar-refractivity contribution in [1.82, 2.24) is 0 Å². The van der Waals surface area contributed by atoms with Gasteiger partial charge in [0.25, 0.3) is 0 Å². The molecule has 13 heavy (non-hydrogen) atoms. The van der Waals surface area contributed by atoms with Crippen molar-refractivity contribution in [2.75, 3.05) is 0 Å². The van der Waals surface area contributed by atoms with Gasteiger partial charge < -0.3 is 0 Å². The zero-order chi connectivity index (χ0) is 10.5. The van der Waals surface area contributed by atoms with E-state index in [1.807, 2.05) is 13.8 Å². The van der Waals surface area contributed by atoms with Crippen molar-refractivity contribution in [3.8, 4) is 0 Å². The zero-order valence-electron chi connectivity index (χ0n) is 9.86. The van der Waals surface area contributed by atoms with Crippen LogP contribution in [0.15, 0.2) is 0 Å². The van der Waals surface area contributed by atoms with E-state index in [2.05, 4.69) is 13.8 Å². The lowest BCUT2D eigenvalue weighted by Gasteiger charge is -2.31. The highest BCUT2D eigenvalue weighted by Gasteiger charge is 2.32. The van der Waals surface area contributed by atoms with E-state index in [-0.39, 0.29) is 5.92 Å². The van der Waals surface area contributed by atoms with Crippen LogP contribution in [0, 0.1) is 11.8 Å². The van der Waals surface area contributed by atoms with E-state index in [0.717, 1.165) is 6.42 Å². The first-order valence-corrected chi connectivity index (χ1v) is 5.64. The van der Waals surface area contributed by atoms with Crippen molar-refractivity contribution in [1.29, 1.82) is 0 Å². The third kappa shape index (κ3) is 4.10. The first-order chi connectivity index (χ1) is 5.95. The molecule has 0 aromatic carbocycles. The molecule has 0 nitrogen and oxygen atoms in total. The Bertz CT molecular complexity index is 129. The molecule has 0 bridgehead atoms. The minimum atomic E-state index is -0.979. The van der Waals surface area contributed by atoms with Crippen molar-refractivity contribution in [2.45, 2.75) is 66.0 Å². The lowest BCUT2D eigenvalue weighted by atomic mass is 9.79. The molecule has 0 aliphatic carbocycles. The van der Waals surface area contributed by atoms with Gasteiger partial charge in [0.15, 0.2) is 0 Å². The van der Waals surface area contributed by atoms with Crippen LogP contribution >= 0.6 is 0 Å². The highest BCUT2D eigenvalue weighted by atomic mass is 19.1. The SMILES string of the molecule is CCCCC(C)C(C)C(C)(F)CC. The molecule has 3 unspecified atom stereocenters. The second-order valence-electron chi connectivity index (χ2n) is 4.54. The van der Waals surface area contributed by atoms with E-state index in [9.17, 15) is 4.39 Å². The molecule has 80 valence electrons. The topological polar surface area (TPSA) is 0 Å². The molecule has 0 heterocycles. The lowest BCUT2D eigenvalue weighted by Crippen LogP contribution is -2.31. The van der Waals surface area contributed by atoms with Gasteiger partial charge in [-0.3, -0.25) is 0 Å². The van der Waals surface area contributed by atoms with Crippen LogP contribution in [0.3, 0.4) is 0 Å². The maximum atomic E-state index is 13.9. The van der Waals surface area contributed by atoms with Gasteiger partial charge in [0.05, 0.1) is 0 Å². The lowest BCUT2D eigenvalue weighted by molar-refractivity contribution is 0.0697. The minimum Gasteiger partial charge on any atom is -0.244 e. The highest BCUT2D eigenvalue weighted by molar-refractivity contribution is 4.81. The first kappa shape index (κ1) is 12.9.